The molecular formula is C16H14O3. The Balaban J connectivity index is 2.38. The van der Waals surface area contributed by atoms with Crippen molar-refractivity contribution in [2.45, 2.75) is 6.92 Å². The molecule has 0 atom stereocenters. The third kappa shape index (κ3) is 1.83. The lowest BCUT2D eigenvalue weighted by Crippen LogP contribution is -1.84. The molecule has 0 amide bonds. The van der Waals surface area contributed by atoms with Gasteiger partial charge in [0.25, 0.3) is 5.95 Å². The highest BCUT2D eigenvalue weighted by Gasteiger charge is 2.19. The first-order valence-electron chi connectivity index (χ1n) is 6.06. The van der Waals surface area contributed by atoms with Gasteiger partial charge in [-0.05, 0) is 25.1 Å². The lowest BCUT2D eigenvalue weighted by Gasteiger charge is -2.04. The molecule has 0 saturated carbocycles. The van der Waals surface area contributed by atoms with Crippen molar-refractivity contribution in [2.75, 3.05) is 7.11 Å². The topological polar surface area (TPSA) is 42.6 Å². The minimum absolute atomic E-state index is 0.213. The van der Waals surface area contributed by atoms with Crippen LogP contribution in [0.25, 0.3) is 22.1 Å². The molecule has 0 saturated heterocycles. The van der Waals surface area contributed by atoms with Gasteiger partial charge in [-0.1, -0.05) is 29.8 Å². The van der Waals surface area contributed by atoms with Crippen LogP contribution < -0.4 is 4.74 Å². The van der Waals surface area contributed by atoms with Crippen LogP contribution in [-0.4, -0.2) is 12.2 Å². The van der Waals surface area contributed by atoms with Gasteiger partial charge in [0.15, 0.2) is 0 Å². The number of aromatic hydroxyl groups is 1. The highest BCUT2D eigenvalue weighted by Crippen LogP contribution is 2.43. The molecule has 3 rings (SSSR count). The molecular weight excluding hydrogens is 240 g/mol. The zero-order valence-corrected chi connectivity index (χ0v) is 10.8. The molecule has 0 aliphatic rings. The number of para-hydroxylation sites is 1. The van der Waals surface area contributed by atoms with E-state index in [1.165, 1.54) is 0 Å². The van der Waals surface area contributed by atoms with E-state index in [1.807, 2.05) is 37.3 Å². The fourth-order valence-corrected chi connectivity index (χ4v) is 2.27. The number of phenols is 1. The lowest BCUT2D eigenvalue weighted by molar-refractivity contribution is 0.317. The Kier molecular flexibility index (Phi) is 2.67. The van der Waals surface area contributed by atoms with Crippen LogP contribution in [0, 0.1) is 6.92 Å². The second-order valence-corrected chi connectivity index (χ2v) is 4.49. The Morgan fingerprint density at radius 2 is 1.89 bits per heavy atom. The molecule has 0 bridgehead atoms. The van der Waals surface area contributed by atoms with Gasteiger partial charge in [0.05, 0.1) is 12.7 Å². The van der Waals surface area contributed by atoms with Crippen LogP contribution >= 0.6 is 0 Å². The van der Waals surface area contributed by atoms with E-state index >= 15 is 0 Å². The number of rotatable bonds is 2. The average Bonchev–Trinajstić information content (AvgIpc) is 2.77. The van der Waals surface area contributed by atoms with Gasteiger partial charge in [0, 0.05) is 10.9 Å². The van der Waals surface area contributed by atoms with E-state index in [4.69, 9.17) is 9.15 Å². The molecule has 1 aromatic heterocycles. The lowest BCUT2D eigenvalue weighted by atomic mass is 10.0. The second kappa shape index (κ2) is 4.35. The standard InChI is InChI=1S/C16H14O3/c1-10-7-8-14-12(9-10)15(16(18-2)19-14)11-5-3-4-6-13(11)17/h3-9,17H,1-2H3. The van der Waals surface area contributed by atoms with Gasteiger partial charge in [0.2, 0.25) is 0 Å². The third-order valence-corrected chi connectivity index (χ3v) is 3.17. The van der Waals surface area contributed by atoms with E-state index in [0.717, 1.165) is 22.1 Å². The average molecular weight is 254 g/mol. The number of ether oxygens (including phenoxy) is 1. The molecule has 2 aromatic carbocycles. The SMILES string of the molecule is COc1oc2ccc(C)cc2c1-c1ccccc1O. The summed E-state index contributed by atoms with van der Waals surface area (Å²) in [4.78, 5) is 0. The first-order chi connectivity index (χ1) is 9.20. The highest BCUT2D eigenvalue weighted by molar-refractivity contribution is 5.99. The first kappa shape index (κ1) is 11.7. The maximum atomic E-state index is 10.0. The summed E-state index contributed by atoms with van der Waals surface area (Å²) in [5, 5.41) is 11.0. The first-order valence-corrected chi connectivity index (χ1v) is 6.06. The quantitative estimate of drug-likeness (QED) is 0.748. The maximum Gasteiger partial charge on any atom is 0.293 e. The van der Waals surface area contributed by atoms with Gasteiger partial charge in [0.1, 0.15) is 11.3 Å². The number of hydrogen-bond acceptors (Lipinski definition) is 3. The molecule has 0 spiro atoms. The Bertz CT molecular complexity index is 741. The van der Waals surface area contributed by atoms with Crippen LogP contribution in [0.4, 0.5) is 0 Å². The fraction of sp³-hybridized carbons (Fsp3) is 0.125. The zero-order chi connectivity index (χ0) is 13.4. The molecule has 0 unspecified atom stereocenters. The minimum Gasteiger partial charge on any atom is -0.507 e. The molecule has 0 aliphatic carbocycles. The third-order valence-electron chi connectivity index (χ3n) is 3.17. The number of fused-ring (bicyclic) bond motifs is 1. The Labute approximate surface area is 111 Å². The van der Waals surface area contributed by atoms with Crippen molar-refractivity contribution in [3.63, 3.8) is 0 Å². The number of phenolic OH excluding ortho intramolecular Hbond substituents is 1. The minimum atomic E-state index is 0.213. The van der Waals surface area contributed by atoms with Gasteiger partial charge >= 0.3 is 0 Å². The summed E-state index contributed by atoms with van der Waals surface area (Å²) in [5.41, 5.74) is 3.39. The van der Waals surface area contributed by atoms with Gasteiger partial charge in [-0.2, -0.15) is 0 Å². The molecule has 1 heterocycles. The van der Waals surface area contributed by atoms with E-state index in [2.05, 4.69) is 0 Å². The van der Waals surface area contributed by atoms with E-state index < -0.39 is 0 Å². The van der Waals surface area contributed by atoms with Crippen LogP contribution in [-0.2, 0) is 0 Å². The molecule has 3 nitrogen and oxygen atoms in total. The normalized spacial score (nSPS) is 10.8. The van der Waals surface area contributed by atoms with E-state index in [1.54, 1.807) is 19.2 Å². The number of hydrogen-bond donors (Lipinski definition) is 1. The Morgan fingerprint density at radius 1 is 1.11 bits per heavy atom. The second-order valence-electron chi connectivity index (χ2n) is 4.49. The molecule has 0 radical (unpaired) electrons. The van der Waals surface area contributed by atoms with Crippen molar-refractivity contribution in [3.05, 3.63) is 48.0 Å². The summed E-state index contributed by atoms with van der Waals surface area (Å²) in [6, 6.07) is 13.1. The fourth-order valence-electron chi connectivity index (χ4n) is 2.27. The van der Waals surface area contributed by atoms with E-state index in [0.29, 0.717) is 11.5 Å². The predicted octanol–water partition coefficient (Wildman–Crippen LogP) is 4.12. The van der Waals surface area contributed by atoms with Crippen molar-refractivity contribution < 1.29 is 14.3 Å². The Morgan fingerprint density at radius 3 is 2.63 bits per heavy atom. The summed E-state index contributed by atoms with van der Waals surface area (Å²) >= 11 is 0. The van der Waals surface area contributed by atoms with Gasteiger partial charge in [-0.15, -0.1) is 0 Å². The molecule has 1 N–H and O–H groups in total. The molecule has 3 aromatic rings. The van der Waals surface area contributed by atoms with Crippen LogP contribution in [0.5, 0.6) is 11.7 Å². The smallest absolute Gasteiger partial charge is 0.293 e. The van der Waals surface area contributed by atoms with Crippen LogP contribution in [0.15, 0.2) is 46.9 Å². The Hall–Kier alpha value is -2.42. The zero-order valence-electron chi connectivity index (χ0n) is 10.8. The number of methoxy groups -OCH3 is 1. The highest BCUT2D eigenvalue weighted by atomic mass is 16.6. The number of aryl methyl sites for hydroxylation is 1. The number of furan rings is 1. The molecule has 0 aliphatic heterocycles. The molecule has 3 heteroatoms. The van der Waals surface area contributed by atoms with Gasteiger partial charge in [-0.25, -0.2) is 0 Å². The summed E-state index contributed by atoms with van der Waals surface area (Å²) in [5.74, 6) is 0.632. The van der Waals surface area contributed by atoms with Crippen LogP contribution in [0.1, 0.15) is 5.56 Å². The van der Waals surface area contributed by atoms with Crippen LogP contribution in [0.2, 0.25) is 0 Å². The monoisotopic (exact) mass is 254 g/mol. The molecule has 96 valence electrons. The summed E-state index contributed by atoms with van der Waals surface area (Å²) in [6.07, 6.45) is 0. The van der Waals surface area contributed by atoms with Crippen molar-refractivity contribution in [1.29, 1.82) is 0 Å². The number of benzene rings is 2. The van der Waals surface area contributed by atoms with Gasteiger partial charge in [-0.3, -0.25) is 0 Å². The van der Waals surface area contributed by atoms with Crippen molar-refractivity contribution in [1.82, 2.24) is 0 Å². The largest absolute Gasteiger partial charge is 0.507 e. The van der Waals surface area contributed by atoms with Crippen LogP contribution in [0.3, 0.4) is 0 Å². The van der Waals surface area contributed by atoms with Crippen molar-refractivity contribution in [2.24, 2.45) is 0 Å². The van der Waals surface area contributed by atoms with Gasteiger partial charge < -0.3 is 14.3 Å². The van der Waals surface area contributed by atoms with E-state index in [9.17, 15) is 5.11 Å². The molecule has 0 fully saturated rings. The van der Waals surface area contributed by atoms with E-state index in [-0.39, 0.29) is 5.75 Å². The summed E-state index contributed by atoms with van der Waals surface area (Å²) in [7, 11) is 1.56. The van der Waals surface area contributed by atoms with Crippen molar-refractivity contribution >= 4 is 11.0 Å². The summed E-state index contributed by atoms with van der Waals surface area (Å²) < 4.78 is 11.0. The maximum absolute atomic E-state index is 10.0. The van der Waals surface area contributed by atoms with Crippen molar-refractivity contribution in [3.8, 4) is 22.8 Å². The summed E-state index contributed by atoms with van der Waals surface area (Å²) in [6.45, 7) is 2.02. The predicted molar refractivity (Wildman–Crippen MR) is 74.6 cm³/mol. The molecule has 19 heavy (non-hydrogen) atoms.